The predicted molar refractivity (Wildman–Crippen MR) is 45.7 cm³/mol. The Morgan fingerprint density at radius 1 is 1.38 bits per heavy atom. The van der Waals surface area contributed by atoms with E-state index in [2.05, 4.69) is 5.43 Å². The molecule has 0 aromatic carbocycles. The molecule has 1 fully saturated rings. The molecule has 2 N–H and O–H groups in total. The highest BCUT2D eigenvalue weighted by molar-refractivity contribution is 5.96. The van der Waals surface area contributed by atoms with Gasteiger partial charge < -0.3 is 5.11 Å². The van der Waals surface area contributed by atoms with Crippen molar-refractivity contribution in [1.82, 2.24) is 10.4 Å². The van der Waals surface area contributed by atoms with E-state index in [9.17, 15) is 9.59 Å². The van der Waals surface area contributed by atoms with Crippen molar-refractivity contribution in [3.8, 4) is 0 Å². The molecule has 0 radical (unpaired) electrons. The molecule has 5 nitrogen and oxygen atoms in total. The maximum Gasteiger partial charge on any atom is 0.315 e. The molecule has 1 amide bonds. The van der Waals surface area contributed by atoms with Crippen molar-refractivity contribution >= 4 is 11.9 Å². The lowest BCUT2D eigenvalue weighted by molar-refractivity contribution is -0.147. The van der Waals surface area contributed by atoms with Crippen LogP contribution in [0.25, 0.3) is 0 Å². The maximum atomic E-state index is 11.2. The third-order valence-corrected chi connectivity index (χ3v) is 2.14. The largest absolute Gasteiger partial charge is 0.481 e. The zero-order valence-corrected chi connectivity index (χ0v) is 7.62. The minimum Gasteiger partial charge on any atom is -0.481 e. The number of carboxylic acids is 1. The third-order valence-electron chi connectivity index (χ3n) is 2.14. The van der Waals surface area contributed by atoms with E-state index < -0.39 is 17.8 Å². The summed E-state index contributed by atoms with van der Waals surface area (Å²) in [6, 6.07) is 0. The smallest absolute Gasteiger partial charge is 0.315 e. The van der Waals surface area contributed by atoms with E-state index in [0.29, 0.717) is 0 Å². The molecule has 1 aliphatic rings. The van der Waals surface area contributed by atoms with Gasteiger partial charge in [-0.15, -0.1) is 0 Å². The van der Waals surface area contributed by atoms with E-state index in [1.165, 1.54) is 6.92 Å². The first-order valence-corrected chi connectivity index (χ1v) is 4.39. The molecule has 0 aromatic rings. The van der Waals surface area contributed by atoms with Gasteiger partial charge in [-0.3, -0.25) is 15.0 Å². The number of aliphatic carboxylic acids is 1. The van der Waals surface area contributed by atoms with Crippen LogP contribution < -0.4 is 5.43 Å². The number of hydrazine groups is 1. The number of rotatable bonds is 3. The van der Waals surface area contributed by atoms with Gasteiger partial charge in [-0.25, -0.2) is 5.01 Å². The molecule has 1 heterocycles. The molecule has 74 valence electrons. The molecule has 0 aliphatic carbocycles. The molecule has 1 aliphatic heterocycles. The molecule has 1 atom stereocenters. The molecule has 13 heavy (non-hydrogen) atoms. The highest BCUT2D eigenvalue weighted by atomic mass is 16.4. The second kappa shape index (κ2) is 4.23. The van der Waals surface area contributed by atoms with E-state index in [-0.39, 0.29) is 0 Å². The van der Waals surface area contributed by atoms with Gasteiger partial charge in [0, 0.05) is 13.1 Å². The van der Waals surface area contributed by atoms with Crippen molar-refractivity contribution in [2.75, 3.05) is 13.1 Å². The van der Waals surface area contributed by atoms with Crippen LogP contribution in [-0.4, -0.2) is 35.1 Å². The van der Waals surface area contributed by atoms with Gasteiger partial charge in [0.25, 0.3) is 0 Å². The number of amides is 1. The van der Waals surface area contributed by atoms with Crippen LogP contribution in [0, 0.1) is 5.92 Å². The van der Waals surface area contributed by atoms with Crippen LogP contribution in [0.1, 0.15) is 19.8 Å². The third kappa shape index (κ3) is 2.69. The molecule has 1 rings (SSSR count). The Bertz CT molecular complexity index is 211. The fourth-order valence-electron chi connectivity index (χ4n) is 1.19. The van der Waals surface area contributed by atoms with Gasteiger partial charge in [0.1, 0.15) is 5.92 Å². The predicted octanol–water partition coefficient (Wildman–Crippen LogP) is -0.166. The van der Waals surface area contributed by atoms with Crippen LogP contribution >= 0.6 is 0 Å². The SMILES string of the molecule is CC(C(=O)O)C(=O)NN1CCCC1. The molecule has 0 spiro atoms. The van der Waals surface area contributed by atoms with E-state index >= 15 is 0 Å². The summed E-state index contributed by atoms with van der Waals surface area (Å²) < 4.78 is 0. The summed E-state index contributed by atoms with van der Waals surface area (Å²) in [5, 5.41) is 10.3. The summed E-state index contributed by atoms with van der Waals surface area (Å²) in [5.41, 5.74) is 2.57. The molecule has 0 aromatic heterocycles. The van der Waals surface area contributed by atoms with Gasteiger partial charge in [0.2, 0.25) is 5.91 Å². The summed E-state index contributed by atoms with van der Waals surface area (Å²) in [6.45, 7) is 3.02. The van der Waals surface area contributed by atoms with Crippen molar-refractivity contribution in [2.45, 2.75) is 19.8 Å². The lowest BCUT2D eigenvalue weighted by atomic mass is 10.2. The van der Waals surface area contributed by atoms with Gasteiger partial charge in [-0.1, -0.05) is 0 Å². The van der Waals surface area contributed by atoms with Crippen LogP contribution in [0.4, 0.5) is 0 Å². The second-order valence-corrected chi connectivity index (χ2v) is 3.23. The Labute approximate surface area is 76.7 Å². The topological polar surface area (TPSA) is 69.6 Å². The zero-order valence-electron chi connectivity index (χ0n) is 7.62. The summed E-state index contributed by atoms with van der Waals surface area (Å²) in [5.74, 6) is -2.49. The molecule has 1 saturated heterocycles. The van der Waals surface area contributed by atoms with Crippen LogP contribution in [0.15, 0.2) is 0 Å². The zero-order chi connectivity index (χ0) is 9.84. The van der Waals surface area contributed by atoms with E-state index in [0.717, 1.165) is 25.9 Å². The van der Waals surface area contributed by atoms with Crippen molar-refractivity contribution < 1.29 is 14.7 Å². The summed E-state index contributed by atoms with van der Waals surface area (Å²) >= 11 is 0. The second-order valence-electron chi connectivity index (χ2n) is 3.23. The minimum atomic E-state index is -1.09. The summed E-state index contributed by atoms with van der Waals surface area (Å²) in [7, 11) is 0. The van der Waals surface area contributed by atoms with Crippen LogP contribution in [0.5, 0.6) is 0 Å². The normalized spacial score (nSPS) is 19.8. The molecule has 0 bridgehead atoms. The maximum absolute atomic E-state index is 11.2. The number of carbonyl (C=O) groups is 2. The van der Waals surface area contributed by atoms with Crippen LogP contribution in [-0.2, 0) is 9.59 Å². The Hall–Kier alpha value is -1.10. The Kier molecular flexibility index (Phi) is 3.25. The highest BCUT2D eigenvalue weighted by Crippen LogP contribution is 2.05. The van der Waals surface area contributed by atoms with Gasteiger partial charge in [-0.2, -0.15) is 0 Å². The first-order chi connectivity index (χ1) is 6.11. The number of hydrogen-bond donors (Lipinski definition) is 2. The van der Waals surface area contributed by atoms with Crippen molar-refractivity contribution in [2.24, 2.45) is 5.92 Å². The van der Waals surface area contributed by atoms with E-state index in [1.807, 2.05) is 0 Å². The highest BCUT2D eigenvalue weighted by Gasteiger charge is 2.23. The molecule has 5 heteroatoms. The standard InChI is InChI=1S/C8H14N2O3/c1-6(8(12)13)7(11)9-10-4-2-3-5-10/h6H,2-5H2,1H3,(H,9,11)(H,12,13). The van der Waals surface area contributed by atoms with Crippen molar-refractivity contribution in [3.63, 3.8) is 0 Å². The average molecular weight is 186 g/mol. The number of carboxylic acid groups (broad SMARTS) is 1. The fourth-order valence-corrected chi connectivity index (χ4v) is 1.19. The first-order valence-electron chi connectivity index (χ1n) is 4.39. The number of nitrogens with one attached hydrogen (secondary N) is 1. The van der Waals surface area contributed by atoms with Gasteiger partial charge in [0.15, 0.2) is 0 Å². The van der Waals surface area contributed by atoms with Crippen LogP contribution in [0.3, 0.4) is 0 Å². The number of nitrogens with zero attached hydrogens (tertiary/aromatic N) is 1. The Morgan fingerprint density at radius 3 is 2.38 bits per heavy atom. The lowest BCUT2D eigenvalue weighted by Crippen LogP contribution is -2.44. The summed E-state index contributed by atoms with van der Waals surface area (Å²) in [6.07, 6.45) is 2.11. The van der Waals surface area contributed by atoms with Gasteiger partial charge in [-0.05, 0) is 19.8 Å². The average Bonchev–Trinajstić information content (AvgIpc) is 2.55. The molecular weight excluding hydrogens is 172 g/mol. The Morgan fingerprint density at radius 2 is 1.92 bits per heavy atom. The quantitative estimate of drug-likeness (QED) is 0.600. The molecule has 1 unspecified atom stereocenters. The van der Waals surface area contributed by atoms with E-state index in [1.54, 1.807) is 5.01 Å². The Balaban J connectivity index is 2.35. The number of carbonyl (C=O) groups excluding carboxylic acids is 1. The monoisotopic (exact) mass is 186 g/mol. The van der Waals surface area contributed by atoms with Crippen LogP contribution in [0.2, 0.25) is 0 Å². The minimum absolute atomic E-state index is 0.436. The number of hydrogen-bond acceptors (Lipinski definition) is 3. The lowest BCUT2D eigenvalue weighted by Gasteiger charge is -2.17. The fraction of sp³-hybridized carbons (Fsp3) is 0.750. The van der Waals surface area contributed by atoms with Crippen molar-refractivity contribution in [1.29, 1.82) is 0 Å². The van der Waals surface area contributed by atoms with E-state index in [4.69, 9.17) is 5.11 Å². The summed E-state index contributed by atoms with van der Waals surface area (Å²) in [4.78, 5) is 21.6. The molecule has 0 saturated carbocycles. The first kappa shape index (κ1) is 9.98. The van der Waals surface area contributed by atoms with Gasteiger partial charge in [0.05, 0.1) is 0 Å². The van der Waals surface area contributed by atoms with Crippen molar-refractivity contribution in [3.05, 3.63) is 0 Å². The van der Waals surface area contributed by atoms with Gasteiger partial charge >= 0.3 is 5.97 Å². The molecular formula is C8H14N2O3.